The van der Waals surface area contributed by atoms with Crippen molar-refractivity contribution in [3.63, 3.8) is 0 Å². The third-order valence-electron chi connectivity index (χ3n) is 8.32. The van der Waals surface area contributed by atoms with Gasteiger partial charge in [0.15, 0.2) is 12.4 Å². The van der Waals surface area contributed by atoms with E-state index in [1.165, 1.54) is 19.3 Å². The van der Waals surface area contributed by atoms with Gasteiger partial charge in [-0.2, -0.15) is 0 Å². The normalized spacial score (nSPS) is 35.6. The minimum absolute atomic E-state index is 0.0116. The number of hydrogen-bond acceptors (Lipinski definition) is 5. The first-order valence-corrected chi connectivity index (χ1v) is 11.4. The number of ether oxygens (including phenoxy) is 1. The number of esters is 1. The minimum atomic E-state index is -0.492. The summed E-state index contributed by atoms with van der Waals surface area (Å²) in [5.74, 6) is 1.68. The van der Waals surface area contributed by atoms with Gasteiger partial charge >= 0.3 is 5.97 Å². The SMILES string of the molecule is O=C(OCC(=O)C12CC3CC(CC(C3)C1)C2)c1ccc2c(c1)NC(=O)[C@@H]1CCCN21. The lowest BCUT2D eigenvalue weighted by Gasteiger charge is -2.55. The Morgan fingerprint density at radius 3 is 2.50 bits per heavy atom. The van der Waals surface area contributed by atoms with Crippen LogP contribution in [-0.2, 0) is 14.3 Å². The molecule has 2 heterocycles. The van der Waals surface area contributed by atoms with Crippen LogP contribution in [0.25, 0.3) is 0 Å². The molecule has 0 unspecified atom stereocenters. The van der Waals surface area contributed by atoms with Gasteiger partial charge in [0.2, 0.25) is 5.91 Å². The highest BCUT2D eigenvalue weighted by Crippen LogP contribution is 2.60. The molecule has 1 N–H and O–H groups in total. The maximum absolute atomic E-state index is 13.1. The van der Waals surface area contributed by atoms with Crippen LogP contribution in [0.5, 0.6) is 0 Å². The molecule has 6 aliphatic rings. The first-order valence-electron chi connectivity index (χ1n) is 11.4. The summed E-state index contributed by atoms with van der Waals surface area (Å²) >= 11 is 0. The molecule has 1 atom stereocenters. The average molecular weight is 408 g/mol. The van der Waals surface area contributed by atoms with Gasteiger partial charge in [-0.3, -0.25) is 9.59 Å². The van der Waals surface area contributed by atoms with E-state index in [4.69, 9.17) is 4.74 Å². The van der Waals surface area contributed by atoms with E-state index in [0.717, 1.165) is 44.3 Å². The van der Waals surface area contributed by atoms with Crippen molar-refractivity contribution in [2.45, 2.75) is 57.4 Å². The van der Waals surface area contributed by atoms with Gasteiger partial charge in [-0.1, -0.05) is 0 Å². The van der Waals surface area contributed by atoms with Crippen LogP contribution in [0, 0.1) is 23.2 Å². The van der Waals surface area contributed by atoms with Gasteiger partial charge in [0.25, 0.3) is 0 Å². The predicted octanol–water partition coefficient (Wildman–Crippen LogP) is 3.55. The van der Waals surface area contributed by atoms with Crippen molar-refractivity contribution in [3.05, 3.63) is 23.8 Å². The van der Waals surface area contributed by atoms with Crippen LogP contribution in [0.15, 0.2) is 18.2 Å². The monoisotopic (exact) mass is 408 g/mol. The molecule has 1 saturated heterocycles. The van der Waals surface area contributed by atoms with Crippen LogP contribution in [0.2, 0.25) is 0 Å². The van der Waals surface area contributed by atoms with Crippen molar-refractivity contribution in [2.75, 3.05) is 23.4 Å². The topological polar surface area (TPSA) is 75.7 Å². The van der Waals surface area contributed by atoms with Crippen LogP contribution >= 0.6 is 0 Å². The molecule has 0 spiro atoms. The fourth-order valence-electron chi connectivity index (χ4n) is 7.38. The Hall–Kier alpha value is -2.37. The smallest absolute Gasteiger partial charge is 0.338 e. The average Bonchev–Trinajstić information content (AvgIpc) is 3.21. The van der Waals surface area contributed by atoms with Gasteiger partial charge in [0.05, 0.1) is 16.9 Å². The summed E-state index contributed by atoms with van der Waals surface area (Å²) in [7, 11) is 0. The Balaban J connectivity index is 1.15. The molecule has 4 aliphatic carbocycles. The van der Waals surface area contributed by atoms with Crippen molar-refractivity contribution < 1.29 is 19.1 Å². The van der Waals surface area contributed by atoms with E-state index >= 15 is 0 Å². The number of anilines is 2. The van der Waals surface area contributed by atoms with E-state index in [1.54, 1.807) is 12.1 Å². The Bertz CT molecular complexity index is 904. The molecule has 7 rings (SSSR count). The van der Waals surface area contributed by atoms with Gasteiger partial charge in [-0.15, -0.1) is 0 Å². The second kappa shape index (κ2) is 6.56. The number of fused-ring (bicyclic) bond motifs is 3. The summed E-state index contributed by atoms with van der Waals surface area (Å²) in [6.07, 6.45) is 8.65. The summed E-state index contributed by atoms with van der Waals surface area (Å²) in [4.78, 5) is 40.2. The van der Waals surface area contributed by atoms with Crippen molar-refractivity contribution in [2.24, 2.45) is 23.2 Å². The molecular formula is C24H28N2O4. The van der Waals surface area contributed by atoms with E-state index in [9.17, 15) is 14.4 Å². The van der Waals surface area contributed by atoms with Gasteiger partial charge in [-0.25, -0.2) is 4.79 Å². The lowest BCUT2D eigenvalue weighted by atomic mass is 9.48. The Morgan fingerprint density at radius 1 is 1.10 bits per heavy atom. The maximum Gasteiger partial charge on any atom is 0.338 e. The molecule has 2 aliphatic heterocycles. The highest BCUT2D eigenvalue weighted by atomic mass is 16.5. The molecule has 30 heavy (non-hydrogen) atoms. The number of amides is 1. The largest absolute Gasteiger partial charge is 0.454 e. The van der Waals surface area contributed by atoms with E-state index in [0.29, 0.717) is 29.0 Å². The molecule has 4 bridgehead atoms. The molecule has 158 valence electrons. The number of carbonyl (C=O) groups excluding carboxylic acids is 3. The zero-order valence-corrected chi connectivity index (χ0v) is 17.2. The van der Waals surface area contributed by atoms with E-state index in [1.807, 2.05) is 6.07 Å². The first-order chi connectivity index (χ1) is 14.5. The van der Waals surface area contributed by atoms with Crippen LogP contribution < -0.4 is 10.2 Å². The van der Waals surface area contributed by atoms with Crippen molar-refractivity contribution in [1.82, 2.24) is 0 Å². The summed E-state index contributed by atoms with van der Waals surface area (Å²) in [5, 5.41) is 2.93. The summed E-state index contributed by atoms with van der Waals surface area (Å²) in [6.45, 7) is 0.719. The summed E-state index contributed by atoms with van der Waals surface area (Å²) < 4.78 is 5.47. The fourth-order valence-corrected chi connectivity index (χ4v) is 7.38. The maximum atomic E-state index is 13.1. The molecule has 1 aromatic rings. The quantitative estimate of drug-likeness (QED) is 0.771. The van der Waals surface area contributed by atoms with Crippen LogP contribution in [0.1, 0.15) is 61.7 Å². The number of nitrogens with zero attached hydrogens (tertiary/aromatic N) is 1. The van der Waals surface area contributed by atoms with Gasteiger partial charge in [0, 0.05) is 12.0 Å². The molecule has 1 aromatic carbocycles. The number of rotatable bonds is 4. The van der Waals surface area contributed by atoms with Gasteiger partial charge < -0.3 is 15.0 Å². The third-order valence-corrected chi connectivity index (χ3v) is 8.32. The lowest BCUT2D eigenvalue weighted by molar-refractivity contribution is -0.147. The number of nitrogens with one attached hydrogen (secondary N) is 1. The van der Waals surface area contributed by atoms with E-state index in [2.05, 4.69) is 10.2 Å². The van der Waals surface area contributed by atoms with Crippen LogP contribution in [-0.4, -0.2) is 36.9 Å². The number of carbonyl (C=O) groups is 3. The number of benzene rings is 1. The van der Waals surface area contributed by atoms with Gasteiger partial charge in [0.1, 0.15) is 6.04 Å². The third kappa shape index (κ3) is 2.79. The highest BCUT2D eigenvalue weighted by molar-refractivity contribution is 6.05. The lowest BCUT2D eigenvalue weighted by Crippen LogP contribution is -2.51. The molecule has 1 amide bonds. The summed E-state index contributed by atoms with van der Waals surface area (Å²) in [5.41, 5.74) is 1.74. The molecule has 0 radical (unpaired) electrons. The zero-order chi connectivity index (χ0) is 20.5. The molecule has 6 heteroatoms. The van der Waals surface area contributed by atoms with Crippen molar-refractivity contribution >= 4 is 29.0 Å². The molecule has 5 fully saturated rings. The second-order valence-corrected chi connectivity index (χ2v) is 10.3. The first kappa shape index (κ1) is 18.4. The van der Waals surface area contributed by atoms with Crippen LogP contribution in [0.4, 0.5) is 11.4 Å². The molecule has 6 nitrogen and oxygen atoms in total. The van der Waals surface area contributed by atoms with E-state index < -0.39 is 5.97 Å². The standard InChI is InChI=1S/C24H28N2O4/c27-21(24-10-14-6-15(11-24)8-16(7-14)12-24)13-30-23(29)17-3-4-19-18(9-17)25-22(28)20-2-1-5-26(19)20/h3-4,9,14-16,20H,1-2,5-8,10-13H2,(H,25,28)/t14?,15?,16?,20-,24?/m0/s1. The predicted molar refractivity (Wildman–Crippen MR) is 111 cm³/mol. The van der Waals surface area contributed by atoms with Gasteiger partial charge in [-0.05, 0) is 87.3 Å². The Morgan fingerprint density at radius 2 is 1.80 bits per heavy atom. The number of Topliss-reactive ketones (excluding diaryl/α,β-unsaturated/α-hetero) is 1. The Labute approximate surface area is 176 Å². The van der Waals surface area contributed by atoms with Crippen LogP contribution in [0.3, 0.4) is 0 Å². The molecule has 4 saturated carbocycles. The number of ketones is 1. The van der Waals surface area contributed by atoms with Crippen molar-refractivity contribution in [1.29, 1.82) is 0 Å². The zero-order valence-electron chi connectivity index (χ0n) is 17.2. The summed E-state index contributed by atoms with van der Waals surface area (Å²) in [6, 6.07) is 5.20. The van der Waals surface area contributed by atoms with E-state index in [-0.39, 0.29) is 29.8 Å². The fraction of sp³-hybridized carbons (Fsp3) is 0.625. The van der Waals surface area contributed by atoms with Crippen molar-refractivity contribution in [3.8, 4) is 0 Å². The second-order valence-electron chi connectivity index (χ2n) is 10.3. The molecular weight excluding hydrogens is 380 g/mol. The highest BCUT2D eigenvalue weighted by Gasteiger charge is 2.54. The minimum Gasteiger partial charge on any atom is -0.454 e. The Kier molecular flexibility index (Phi) is 4.03. The molecule has 0 aromatic heterocycles. The number of hydrogen-bond donors (Lipinski definition) is 1.